The van der Waals surface area contributed by atoms with Gasteiger partial charge in [0.15, 0.2) is 16.7 Å². The number of hydrogen-bond donors (Lipinski definition) is 1. The second kappa shape index (κ2) is 8.83. The highest BCUT2D eigenvalue weighted by atomic mass is 79.9. The van der Waals surface area contributed by atoms with Gasteiger partial charge in [-0.25, -0.2) is 4.79 Å². The lowest BCUT2D eigenvalue weighted by molar-refractivity contribution is -0.116. The number of ether oxygens (including phenoxy) is 2. The van der Waals surface area contributed by atoms with Crippen LogP contribution >= 0.6 is 27.7 Å². The van der Waals surface area contributed by atoms with E-state index in [1.54, 1.807) is 36.4 Å². The molecular weight excluding hydrogens is 434 g/mol. The Balaban J connectivity index is 1.79. The van der Waals surface area contributed by atoms with Crippen molar-refractivity contribution < 1.29 is 19.1 Å². The number of hydrogen-bond acceptors (Lipinski definition) is 7. The van der Waals surface area contributed by atoms with Gasteiger partial charge in [-0.3, -0.25) is 4.79 Å². The Labute approximate surface area is 168 Å². The van der Waals surface area contributed by atoms with Crippen molar-refractivity contribution in [1.29, 1.82) is 0 Å². The van der Waals surface area contributed by atoms with E-state index in [9.17, 15) is 9.59 Å². The number of benzene rings is 2. The molecule has 1 fully saturated rings. The van der Waals surface area contributed by atoms with Gasteiger partial charge in [0.2, 0.25) is 5.91 Å². The summed E-state index contributed by atoms with van der Waals surface area (Å²) < 4.78 is 11.3. The van der Waals surface area contributed by atoms with Crippen LogP contribution in [-0.4, -0.2) is 36.1 Å². The SMILES string of the molecule is COc1cc(C=NN=C2NC(=O)CS2)cc(Br)c1OC(=O)c1ccccc1. The van der Waals surface area contributed by atoms with Gasteiger partial charge in [-0.15, -0.1) is 5.10 Å². The van der Waals surface area contributed by atoms with Gasteiger partial charge >= 0.3 is 5.97 Å². The van der Waals surface area contributed by atoms with Crippen molar-refractivity contribution in [2.75, 3.05) is 12.9 Å². The molecule has 1 aliphatic heterocycles. The van der Waals surface area contributed by atoms with E-state index < -0.39 is 5.97 Å². The molecule has 0 atom stereocenters. The first kappa shape index (κ1) is 19.1. The Kier molecular flexibility index (Phi) is 6.25. The second-order valence-corrected chi connectivity index (χ2v) is 7.09. The van der Waals surface area contributed by atoms with Crippen LogP contribution in [0.3, 0.4) is 0 Å². The van der Waals surface area contributed by atoms with Crippen LogP contribution in [0, 0.1) is 0 Å². The van der Waals surface area contributed by atoms with Gasteiger partial charge in [0.05, 0.1) is 29.1 Å². The average molecular weight is 448 g/mol. The summed E-state index contributed by atoms with van der Waals surface area (Å²) in [5.74, 6) is 0.397. The number of nitrogens with one attached hydrogen (secondary N) is 1. The largest absolute Gasteiger partial charge is 0.493 e. The molecule has 1 amide bonds. The molecule has 27 heavy (non-hydrogen) atoms. The van der Waals surface area contributed by atoms with Crippen LogP contribution in [0.15, 0.2) is 57.1 Å². The number of amidine groups is 1. The zero-order valence-corrected chi connectivity index (χ0v) is 16.5. The van der Waals surface area contributed by atoms with E-state index in [1.807, 2.05) is 6.07 Å². The van der Waals surface area contributed by atoms with E-state index in [0.717, 1.165) is 0 Å². The highest BCUT2D eigenvalue weighted by Gasteiger charge is 2.17. The maximum absolute atomic E-state index is 12.3. The molecule has 0 aliphatic carbocycles. The topological polar surface area (TPSA) is 89.3 Å². The third-order valence-corrected chi connectivity index (χ3v) is 4.85. The zero-order valence-electron chi connectivity index (χ0n) is 14.1. The lowest BCUT2D eigenvalue weighted by atomic mass is 10.2. The number of methoxy groups -OCH3 is 1. The van der Waals surface area contributed by atoms with Gasteiger partial charge < -0.3 is 14.8 Å². The fraction of sp³-hybridized carbons (Fsp3) is 0.111. The van der Waals surface area contributed by atoms with E-state index in [1.165, 1.54) is 25.1 Å². The molecule has 1 aliphatic rings. The lowest BCUT2D eigenvalue weighted by Gasteiger charge is -2.12. The highest BCUT2D eigenvalue weighted by Crippen LogP contribution is 2.36. The number of halogens is 1. The molecule has 0 radical (unpaired) electrons. The van der Waals surface area contributed by atoms with Crippen molar-refractivity contribution in [2.24, 2.45) is 10.2 Å². The molecule has 0 unspecified atom stereocenters. The summed E-state index contributed by atoms with van der Waals surface area (Å²) in [7, 11) is 1.48. The average Bonchev–Trinajstić information content (AvgIpc) is 3.09. The van der Waals surface area contributed by atoms with Crippen LogP contribution in [0.5, 0.6) is 11.5 Å². The summed E-state index contributed by atoms with van der Waals surface area (Å²) in [5, 5.41) is 10.9. The fourth-order valence-electron chi connectivity index (χ4n) is 2.17. The minimum atomic E-state index is -0.489. The Bertz CT molecular complexity index is 932. The van der Waals surface area contributed by atoms with Gasteiger partial charge in [-0.2, -0.15) is 5.10 Å². The smallest absolute Gasteiger partial charge is 0.343 e. The molecule has 0 aromatic heterocycles. The predicted octanol–water partition coefficient (Wildman–Crippen LogP) is 3.23. The molecule has 1 saturated heterocycles. The van der Waals surface area contributed by atoms with E-state index in [2.05, 4.69) is 31.4 Å². The molecule has 0 bridgehead atoms. The predicted molar refractivity (Wildman–Crippen MR) is 108 cm³/mol. The van der Waals surface area contributed by atoms with Gasteiger partial charge in [0, 0.05) is 0 Å². The van der Waals surface area contributed by atoms with Gasteiger partial charge in [0.1, 0.15) is 0 Å². The number of carbonyl (C=O) groups is 2. The number of nitrogens with zero attached hydrogens (tertiary/aromatic N) is 2. The first-order valence-corrected chi connectivity index (χ1v) is 9.53. The van der Waals surface area contributed by atoms with E-state index >= 15 is 0 Å². The van der Waals surface area contributed by atoms with Crippen LogP contribution in [0.2, 0.25) is 0 Å². The summed E-state index contributed by atoms with van der Waals surface area (Å²) >= 11 is 4.68. The third kappa shape index (κ3) is 4.95. The van der Waals surface area contributed by atoms with Crippen molar-refractivity contribution in [2.45, 2.75) is 0 Å². The van der Waals surface area contributed by atoms with Crippen molar-refractivity contribution in [3.8, 4) is 11.5 Å². The Morgan fingerprint density at radius 3 is 2.74 bits per heavy atom. The van der Waals surface area contributed by atoms with Crippen molar-refractivity contribution in [3.05, 3.63) is 58.1 Å². The fourth-order valence-corrected chi connectivity index (χ4v) is 3.34. The molecule has 7 nitrogen and oxygen atoms in total. The maximum atomic E-state index is 12.3. The summed E-state index contributed by atoms with van der Waals surface area (Å²) in [5.41, 5.74) is 1.11. The minimum absolute atomic E-state index is 0.0945. The zero-order chi connectivity index (χ0) is 19.2. The molecule has 9 heteroatoms. The van der Waals surface area contributed by atoms with Crippen LogP contribution < -0.4 is 14.8 Å². The monoisotopic (exact) mass is 447 g/mol. The quantitative estimate of drug-likeness (QED) is 0.329. The summed E-state index contributed by atoms with van der Waals surface area (Å²) in [6.45, 7) is 0. The highest BCUT2D eigenvalue weighted by molar-refractivity contribution is 9.10. The normalized spacial score (nSPS) is 15.2. The Hall–Kier alpha value is -2.65. The Morgan fingerprint density at radius 1 is 1.30 bits per heavy atom. The first-order chi connectivity index (χ1) is 13.1. The number of rotatable bonds is 5. The molecule has 3 rings (SSSR count). The molecule has 1 N–H and O–H groups in total. The van der Waals surface area contributed by atoms with E-state index in [4.69, 9.17) is 9.47 Å². The van der Waals surface area contributed by atoms with Crippen LogP contribution in [0.1, 0.15) is 15.9 Å². The maximum Gasteiger partial charge on any atom is 0.343 e. The van der Waals surface area contributed by atoms with Crippen molar-refractivity contribution in [1.82, 2.24) is 5.32 Å². The number of carbonyl (C=O) groups excluding carboxylic acids is 2. The van der Waals surface area contributed by atoms with E-state index in [-0.39, 0.29) is 11.7 Å². The van der Waals surface area contributed by atoms with Gasteiger partial charge in [-0.05, 0) is 45.8 Å². The van der Waals surface area contributed by atoms with Crippen LogP contribution in [-0.2, 0) is 4.79 Å². The molecule has 138 valence electrons. The molecule has 2 aromatic carbocycles. The summed E-state index contributed by atoms with van der Waals surface area (Å²) in [6, 6.07) is 12.1. The summed E-state index contributed by atoms with van der Waals surface area (Å²) in [4.78, 5) is 23.4. The second-order valence-electron chi connectivity index (χ2n) is 5.28. The number of esters is 1. The standard InChI is InChI=1S/C18H14BrN3O4S/c1-25-14-8-11(9-20-22-18-21-15(23)10-27-18)7-13(19)16(14)26-17(24)12-5-3-2-4-6-12/h2-9H,10H2,1H3,(H,21,22,23). The van der Waals surface area contributed by atoms with Crippen LogP contribution in [0.25, 0.3) is 0 Å². The lowest BCUT2D eigenvalue weighted by Crippen LogP contribution is -2.19. The molecule has 2 aromatic rings. The first-order valence-electron chi connectivity index (χ1n) is 7.75. The minimum Gasteiger partial charge on any atom is -0.493 e. The molecule has 0 saturated carbocycles. The number of thioether (sulfide) groups is 1. The third-order valence-electron chi connectivity index (χ3n) is 3.40. The van der Waals surface area contributed by atoms with Crippen LogP contribution in [0.4, 0.5) is 0 Å². The molecule has 0 spiro atoms. The molecular formula is C18H14BrN3O4S. The summed E-state index contributed by atoms with van der Waals surface area (Å²) in [6.07, 6.45) is 1.51. The van der Waals surface area contributed by atoms with Crippen molar-refractivity contribution >= 4 is 51.0 Å². The van der Waals surface area contributed by atoms with Crippen molar-refractivity contribution in [3.63, 3.8) is 0 Å². The van der Waals surface area contributed by atoms with Gasteiger partial charge in [-0.1, -0.05) is 30.0 Å². The Morgan fingerprint density at radius 2 is 2.07 bits per heavy atom. The number of amides is 1. The van der Waals surface area contributed by atoms with E-state index in [0.29, 0.717) is 32.3 Å². The molecule has 1 heterocycles. The van der Waals surface area contributed by atoms with Gasteiger partial charge in [0.25, 0.3) is 0 Å².